The summed E-state index contributed by atoms with van der Waals surface area (Å²) in [5, 5.41) is 0. The normalized spacial score (nSPS) is 20.0. The van der Waals surface area contributed by atoms with Gasteiger partial charge in [0.2, 0.25) is 5.91 Å². The summed E-state index contributed by atoms with van der Waals surface area (Å²) >= 11 is 1.81. The Hall–Kier alpha value is -1.70. The van der Waals surface area contributed by atoms with Gasteiger partial charge in [-0.3, -0.25) is 4.79 Å². The maximum absolute atomic E-state index is 11.3. The summed E-state index contributed by atoms with van der Waals surface area (Å²) in [5.41, 5.74) is 13.5. The first kappa shape index (κ1) is 19.3. The van der Waals surface area contributed by atoms with Crippen LogP contribution in [0.1, 0.15) is 41.0 Å². The number of hydrogen-bond acceptors (Lipinski definition) is 2. The van der Waals surface area contributed by atoms with E-state index in [1.807, 2.05) is 43.8 Å². The predicted octanol–water partition coefficient (Wildman–Crippen LogP) is 5.07. The van der Waals surface area contributed by atoms with Crippen molar-refractivity contribution in [1.29, 1.82) is 0 Å². The molecule has 0 radical (unpaired) electrons. The molecule has 0 aromatic heterocycles. The number of carbonyl (C=O) groups excluding carboxylic acids is 1. The molecular formula is C20H27NOS. The lowest BCUT2D eigenvalue weighted by atomic mass is 9.91. The maximum Gasteiger partial charge on any atom is 0.224 e. The van der Waals surface area contributed by atoms with Crippen molar-refractivity contribution in [1.82, 2.24) is 0 Å². The lowest BCUT2D eigenvalue weighted by Gasteiger charge is -2.21. The van der Waals surface area contributed by atoms with Crippen LogP contribution in [-0.2, 0) is 4.79 Å². The van der Waals surface area contributed by atoms with E-state index in [9.17, 15) is 4.79 Å². The molecule has 0 heterocycles. The molecule has 0 aromatic carbocycles. The van der Waals surface area contributed by atoms with Crippen molar-refractivity contribution in [2.24, 2.45) is 11.7 Å². The van der Waals surface area contributed by atoms with E-state index in [0.29, 0.717) is 0 Å². The standard InChI is InChI=1S/C18H21NOS.C2H6/c1-12-6-4-5-7-15(8-12)11-21-17-13(2)9-16(18(19)20)10-14(17)3;1-2/h4-6,8-9,16H,10-11H2,1-3H3,(H2,19,20);1-2H3. The molecule has 0 saturated heterocycles. The van der Waals surface area contributed by atoms with Crippen LogP contribution in [0.3, 0.4) is 0 Å². The second-order valence-corrected chi connectivity index (χ2v) is 6.53. The van der Waals surface area contributed by atoms with E-state index in [0.717, 1.165) is 17.7 Å². The van der Waals surface area contributed by atoms with Gasteiger partial charge >= 0.3 is 0 Å². The quantitative estimate of drug-likeness (QED) is 0.732. The van der Waals surface area contributed by atoms with Crippen molar-refractivity contribution >= 4 is 17.7 Å². The van der Waals surface area contributed by atoms with Gasteiger partial charge in [0.1, 0.15) is 0 Å². The highest BCUT2D eigenvalue weighted by atomic mass is 32.2. The Morgan fingerprint density at radius 1 is 1.35 bits per heavy atom. The molecule has 2 aliphatic rings. The zero-order valence-electron chi connectivity index (χ0n) is 14.8. The Balaban J connectivity index is 0.00000127. The summed E-state index contributed by atoms with van der Waals surface area (Å²) < 4.78 is 0. The minimum atomic E-state index is -0.239. The molecule has 3 heteroatoms. The van der Waals surface area contributed by atoms with Crippen molar-refractivity contribution in [3.8, 4) is 0 Å². The van der Waals surface area contributed by atoms with Crippen molar-refractivity contribution in [3.05, 3.63) is 63.3 Å². The molecule has 0 spiro atoms. The van der Waals surface area contributed by atoms with Crippen LogP contribution in [0.15, 0.2) is 63.3 Å². The molecule has 2 rings (SSSR count). The van der Waals surface area contributed by atoms with Crippen LogP contribution in [0, 0.1) is 5.92 Å². The highest BCUT2D eigenvalue weighted by Gasteiger charge is 2.21. The largest absolute Gasteiger partial charge is 0.369 e. The molecule has 0 fully saturated rings. The summed E-state index contributed by atoms with van der Waals surface area (Å²) in [5.74, 6) is 0.490. The zero-order chi connectivity index (χ0) is 17.4. The van der Waals surface area contributed by atoms with E-state index in [1.54, 1.807) is 0 Å². The zero-order valence-corrected chi connectivity index (χ0v) is 15.6. The fraction of sp³-hybridized carbons (Fsp3) is 0.400. The third-order valence-corrected chi connectivity index (χ3v) is 5.00. The van der Waals surface area contributed by atoms with E-state index < -0.39 is 0 Å². The van der Waals surface area contributed by atoms with Crippen LogP contribution in [0.5, 0.6) is 0 Å². The van der Waals surface area contributed by atoms with Crippen LogP contribution in [0.4, 0.5) is 0 Å². The highest BCUT2D eigenvalue weighted by Crippen LogP contribution is 2.36. The van der Waals surface area contributed by atoms with Gasteiger partial charge in [0, 0.05) is 16.2 Å². The smallest absolute Gasteiger partial charge is 0.224 e. The third kappa shape index (κ3) is 5.78. The molecule has 0 aromatic rings. The van der Waals surface area contributed by atoms with Gasteiger partial charge < -0.3 is 5.73 Å². The van der Waals surface area contributed by atoms with Gasteiger partial charge in [0.15, 0.2) is 0 Å². The SMILES string of the molecule is CC.CC1=CC(CSC2=C(C)CC(C(N)=O)C=C2C)=C=CC=C1. The Morgan fingerprint density at radius 3 is 2.65 bits per heavy atom. The van der Waals surface area contributed by atoms with E-state index in [1.165, 1.54) is 21.6 Å². The van der Waals surface area contributed by atoms with E-state index in [-0.39, 0.29) is 11.8 Å². The number of allylic oxidation sites excluding steroid dienone is 6. The Labute approximate surface area is 144 Å². The molecule has 1 amide bonds. The Morgan fingerprint density at radius 2 is 2.04 bits per heavy atom. The van der Waals surface area contributed by atoms with Crippen LogP contribution in [0.2, 0.25) is 0 Å². The number of nitrogens with two attached hydrogens (primary N) is 1. The predicted molar refractivity (Wildman–Crippen MR) is 102 cm³/mol. The number of carbonyl (C=O) groups is 1. The fourth-order valence-electron chi connectivity index (χ4n) is 2.57. The molecule has 124 valence electrons. The topological polar surface area (TPSA) is 43.1 Å². The van der Waals surface area contributed by atoms with Crippen molar-refractivity contribution in [3.63, 3.8) is 0 Å². The van der Waals surface area contributed by atoms with Gasteiger partial charge in [-0.1, -0.05) is 43.2 Å². The minimum absolute atomic E-state index is 0.155. The van der Waals surface area contributed by atoms with Gasteiger partial charge in [0.05, 0.1) is 5.92 Å². The highest BCUT2D eigenvalue weighted by molar-refractivity contribution is 8.03. The summed E-state index contributed by atoms with van der Waals surface area (Å²) in [6.45, 7) is 10.2. The van der Waals surface area contributed by atoms with E-state index in [4.69, 9.17) is 5.73 Å². The lowest BCUT2D eigenvalue weighted by molar-refractivity contribution is -0.120. The molecule has 0 aliphatic heterocycles. The molecule has 2 N–H and O–H groups in total. The van der Waals surface area contributed by atoms with Crippen molar-refractivity contribution in [2.75, 3.05) is 5.75 Å². The molecule has 1 unspecified atom stereocenters. The van der Waals surface area contributed by atoms with Gasteiger partial charge in [-0.05, 0) is 44.9 Å². The van der Waals surface area contributed by atoms with Crippen LogP contribution in [-0.4, -0.2) is 11.7 Å². The van der Waals surface area contributed by atoms with Gasteiger partial charge in [-0.25, -0.2) is 0 Å². The lowest BCUT2D eigenvalue weighted by Crippen LogP contribution is -2.24. The summed E-state index contributed by atoms with van der Waals surface area (Å²) in [6.07, 6.45) is 10.9. The Kier molecular flexibility index (Phi) is 7.94. The molecular weight excluding hydrogens is 302 g/mol. The molecule has 1 atom stereocenters. The number of amides is 1. The molecule has 0 bridgehead atoms. The first-order valence-electron chi connectivity index (χ1n) is 8.08. The fourth-order valence-corrected chi connectivity index (χ4v) is 3.66. The number of rotatable bonds is 4. The van der Waals surface area contributed by atoms with Gasteiger partial charge in [-0.15, -0.1) is 17.5 Å². The molecule has 2 aliphatic carbocycles. The minimum Gasteiger partial charge on any atom is -0.369 e. The first-order valence-corrected chi connectivity index (χ1v) is 9.07. The number of primary amides is 1. The second-order valence-electron chi connectivity index (χ2n) is 5.54. The summed E-state index contributed by atoms with van der Waals surface area (Å²) in [6, 6.07) is 0. The molecule has 2 nitrogen and oxygen atoms in total. The maximum atomic E-state index is 11.3. The van der Waals surface area contributed by atoms with Crippen LogP contribution in [0.25, 0.3) is 0 Å². The average Bonchev–Trinajstić information content (AvgIpc) is 2.72. The van der Waals surface area contributed by atoms with Gasteiger partial charge in [0.25, 0.3) is 0 Å². The monoisotopic (exact) mass is 329 g/mol. The van der Waals surface area contributed by atoms with Gasteiger partial charge in [-0.2, -0.15) is 0 Å². The van der Waals surface area contributed by atoms with Crippen LogP contribution < -0.4 is 5.73 Å². The summed E-state index contributed by atoms with van der Waals surface area (Å²) in [7, 11) is 0. The second kappa shape index (κ2) is 9.44. The number of thioether (sulfide) groups is 1. The Bertz CT molecular complexity index is 641. The molecule has 23 heavy (non-hydrogen) atoms. The van der Waals surface area contributed by atoms with Crippen molar-refractivity contribution < 1.29 is 4.79 Å². The average molecular weight is 330 g/mol. The first-order chi connectivity index (χ1) is 11.0. The molecule has 0 saturated carbocycles. The summed E-state index contributed by atoms with van der Waals surface area (Å²) in [4.78, 5) is 12.6. The third-order valence-electron chi connectivity index (χ3n) is 3.59. The van der Waals surface area contributed by atoms with Crippen molar-refractivity contribution in [2.45, 2.75) is 41.0 Å². The van der Waals surface area contributed by atoms with E-state index in [2.05, 4.69) is 38.7 Å². The number of hydrogen-bond donors (Lipinski definition) is 1. The van der Waals surface area contributed by atoms with E-state index >= 15 is 0 Å². The van der Waals surface area contributed by atoms with Crippen LogP contribution >= 0.6 is 11.8 Å².